The molecule has 2 aliphatic heterocycles. The van der Waals surface area contributed by atoms with Crippen LogP contribution in [0.1, 0.15) is 78.4 Å². The maximum atomic E-state index is 13.1. The van der Waals surface area contributed by atoms with E-state index in [1.54, 1.807) is 47.6 Å². The molecule has 4 amide bonds. The smallest absolute Gasteiger partial charge is 0.410 e. The molecule has 0 bridgehead atoms. The van der Waals surface area contributed by atoms with E-state index >= 15 is 0 Å². The number of benzene rings is 2. The largest absolute Gasteiger partial charge is 0.444 e. The molecule has 0 spiro atoms. The monoisotopic (exact) mass is 688 g/mol. The Bertz CT molecular complexity index is 1520. The van der Waals surface area contributed by atoms with E-state index in [1.807, 2.05) is 48.5 Å². The first-order valence-electron chi connectivity index (χ1n) is 17.1. The molecule has 13 heteroatoms. The fourth-order valence-corrected chi connectivity index (χ4v) is 6.02. The van der Waals surface area contributed by atoms with Crippen LogP contribution in [-0.4, -0.2) is 75.3 Å². The second kappa shape index (κ2) is 15.2. The van der Waals surface area contributed by atoms with Crippen LogP contribution in [0.5, 0.6) is 0 Å². The molecule has 5 rings (SSSR count). The summed E-state index contributed by atoms with van der Waals surface area (Å²) in [4.78, 5) is 56.6. The molecule has 3 heterocycles. The Hall–Kier alpha value is -5.07. The van der Waals surface area contributed by atoms with Gasteiger partial charge in [0.25, 0.3) is 0 Å². The molecule has 13 nitrogen and oxygen atoms in total. The van der Waals surface area contributed by atoms with Gasteiger partial charge in [-0.05, 0) is 103 Å². The molecular formula is C37H48N6O7. The Balaban J connectivity index is 1.18. The van der Waals surface area contributed by atoms with Gasteiger partial charge < -0.3 is 29.5 Å². The first kappa shape index (κ1) is 36.2. The number of rotatable bonds is 9. The van der Waals surface area contributed by atoms with Gasteiger partial charge in [0.05, 0.1) is 0 Å². The minimum absolute atomic E-state index is 0.242. The standard InChI is InChI=1S/C37H48N6O7/c1-36(2,3)49-34(46)42-20-7-9-29(42)32(44)38-27-15-11-25(12-16-27)23-41(31-19-22-48-40-31)24-26-13-17-28(18-14-26)39-33(45)30-10-8-21-43(30)35(47)50-37(4,5)6/h11-19,22,29-30H,7-10,20-21,23-24H2,1-6H3,(H,38,44)(H,39,45). The third kappa shape index (κ3) is 9.76. The Kier molecular flexibility index (Phi) is 11.0. The first-order valence-corrected chi connectivity index (χ1v) is 17.1. The van der Waals surface area contributed by atoms with Crippen LogP contribution in [0.3, 0.4) is 0 Å². The van der Waals surface area contributed by atoms with E-state index in [9.17, 15) is 19.2 Å². The van der Waals surface area contributed by atoms with Gasteiger partial charge in [0, 0.05) is 43.6 Å². The fourth-order valence-electron chi connectivity index (χ4n) is 6.02. The van der Waals surface area contributed by atoms with Gasteiger partial charge >= 0.3 is 12.2 Å². The van der Waals surface area contributed by atoms with Crippen molar-refractivity contribution in [3.8, 4) is 0 Å². The minimum atomic E-state index is -0.638. The predicted molar refractivity (Wildman–Crippen MR) is 188 cm³/mol. The summed E-state index contributed by atoms with van der Waals surface area (Å²) < 4.78 is 16.1. The summed E-state index contributed by atoms with van der Waals surface area (Å²) in [5.41, 5.74) is 1.95. The predicted octanol–water partition coefficient (Wildman–Crippen LogP) is 6.56. The highest BCUT2D eigenvalue weighted by molar-refractivity contribution is 5.97. The Morgan fingerprint density at radius 1 is 0.720 bits per heavy atom. The van der Waals surface area contributed by atoms with Crippen molar-refractivity contribution >= 4 is 41.2 Å². The number of likely N-dealkylation sites (tertiary alicyclic amines) is 2. The Morgan fingerprint density at radius 3 is 1.50 bits per heavy atom. The van der Waals surface area contributed by atoms with Crippen LogP contribution in [-0.2, 0) is 32.2 Å². The quantitative estimate of drug-likeness (QED) is 0.255. The molecule has 2 aromatic carbocycles. The van der Waals surface area contributed by atoms with Crippen LogP contribution in [0.2, 0.25) is 0 Å². The lowest BCUT2D eigenvalue weighted by atomic mass is 10.1. The van der Waals surface area contributed by atoms with Crippen LogP contribution in [0.4, 0.5) is 26.8 Å². The van der Waals surface area contributed by atoms with Crippen LogP contribution < -0.4 is 15.5 Å². The number of anilines is 3. The van der Waals surface area contributed by atoms with E-state index in [-0.39, 0.29) is 11.8 Å². The first-order chi connectivity index (χ1) is 23.6. The number of carbonyl (C=O) groups is 4. The highest BCUT2D eigenvalue weighted by Gasteiger charge is 2.38. The van der Waals surface area contributed by atoms with Gasteiger partial charge in [-0.1, -0.05) is 29.4 Å². The molecule has 50 heavy (non-hydrogen) atoms. The number of nitrogens with zero attached hydrogens (tertiary/aromatic N) is 4. The van der Waals surface area contributed by atoms with Crippen molar-refractivity contribution in [2.45, 2.75) is 104 Å². The normalized spacial score (nSPS) is 17.7. The third-order valence-electron chi connectivity index (χ3n) is 8.30. The molecular weight excluding hydrogens is 640 g/mol. The van der Waals surface area contributed by atoms with Crippen molar-refractivity contribution in [3.63, 3.8) is 0 Å². The summed E-state index contributed by atoms with van der Waals surface area (Å²) in [5, 5.41) is 10.0. The Morgan fingerprint density at radius 2 is 1.14 bits per heavy atom. The summed E-state index contributed by atoms with van der Waals surface area (Å²) in [7, 11) is 0. The zero-order chi connectivity index (χ0) is 36.1. The maximum Gasteiger partial charge on any atom is 0.410 e. The molecule has 1 aromatic heterocycles. The Labute approximate surface area is 293 Å². The average Bonchev–Trinajstić information content (AvgIpc) is 3.83. The lowest BCUT2D eigenvalue weighted by Crippen LogP contribution is -2.45. The maximum absolute atomic E-state index is 13.1. The zero-order valence-electron chi connectivity index (χ0n) is 29.7. The minimum Gasteiger partial charge on any atom is -0.444 e. The molecule has 0 aliphatic carbocycles. The van der Waals surface area contributed by atoms with E-state index in [0.717, 1.165) is 24.0 Å². The third-order valence-corrected chi connectivity index (χ3v) is 8.30. The number of hydrogen-bond acceptors (Lipinski definition) is 9. The van der Waals surface area contributed by atoms with Crippen LogP contribution in [0, 0.1) is 0 Å². The van der Waals surface area contributed by atoms with E-state index < -0.39 is 35.5 Å². The summed E-state index contributed by atoms with van der Waals surface area (Å²) in [6.07, 6.45) is 3.20. The van der Waals surface area contributed by atoms with Gasteiger partial charge in [-0.25, -0.2) is 9.59 Å². The van der Waals surface area contributed by atoms with Crippen LogP contribution in [0.25, 0.3) is 0 Å². The summed E-state index contributed by atoms with van der Waals surface area (Å²) in [6.45, 7) is 12.8. The van der Waals surface area contributed by atoms with Crippen molar-refractivity contribution in [2.24, 2.45) is 0 Å². The lowest BCUT2D eigenvalue weighted by Gasteiger charge is -2.28. The van der Waals surface area contributed by atoms with E-state index in [2.05, 4.69) is 20.7 Å². The van der Waals surface area contributed by atoms with Gasteiger partial charge in [0.1, 0.15) is 29.5 Å². The molecule has 0 saturated carbocycles. The molecule has 2 unspecified atom stereocenters. The molecule has 3 aromatic rings. The molecule has 2 fully saturated rings. The van der Waals surface area contributed by atoms with Gasteiger partial charge in [-0.3, -0.25) is 19.4 Å². The van der Waals surface area contributed by atoms with Crippen molar-refractivity contribution in [3.05, 3.63) is 72.0 Å². The highest BCUT2D eigenvalue weighted by Crippen LogP contribution is 2.25. The van der Waals surface area contributed by atoms with Crippen LogP contribution in [0.15, 0.2) is 65.4 Å². The summed E-state index contributed by atoms with van der Waals surface area (Å²) >= 11 is 0. The number of nitrogens with one attached hydrogen (secondary N) is 2. The van der Waals surface area contributed by atoms with Gasteiger partial charge in [-0.15, -0.1) is 0 Å². The van der Waals surface area contributed by atoms with Crippen LogP contribution >= 0.6 is 0 Å². The van der Waals surface area contributed by atoms with Crippen molar-refractivity contribution in [1.29, 1.82) is 0 Å². The average molecular weight is 689 g/mol. The SMILES string of the molecule is CC(C)(C)OC(=O)N1CCCC1C(=O)Nc1ccc(CN(Cc2ccc(NC(=O)C3CCCN3C(=O)OC(C)(C)C)cc2)c2ccon2)cc1. The molecule has 0 radical (unpaired) electrons. The van der Waals surface area contributed by atoms with E-state index in [0.29, 0.717) is 56.2 Å². The number of carbonyl (C=O) groups excluding carboxylic acids is 4. The molecule has 2 atom stereocenters. The number of ether oxygens (including phenoxy) is 2. The zero-order valence-corrected chi connectivity index (χ0v) is 29.7. The van der Waals surface area contributed by atoms with Gasteiger partial charge in [0.2, 0.25) is 11.8 Å². The topological polar surface area (TPSA) is 147 Å². The van der Waals surface area contributed by atoms with Crippen molar-refractivity contribution in [1.82, 2.24) is 15.0 Å². The molecule has 2 N–H and O–H groups in total. The number of aromatic nitrogens is 1. The second-order valence-electron chi connectivity index (χ2n) is 14.7. The fraction of sp³-hybridized carbons (Fsp3) is 0.486. The van der Waals surface area contributed by atoms with Gasteiger partial charge in [0.15, 0.2) is 5.82 Å². The van der Waals surface area contributed by atoms with Crippen molar-refractivity contribution in [2.75, 3.05) is 28.6 Å². The van der Waals surface area contributed by atoms with Crippen molar-refractivity contribution < 1.29 is 33.2 Å². The molecule has 268 valence electrons. The molecule has 2 saturated heterocycles. The summed E-state index contributed by atoms with van der Waals surface area (Å²) in [6, 6.07) is 15.7. The number of amides is 4. The van der Waals surface area contributed by atoms with Gasteiger partial charge in [-0.2, -0.15) is 0 Å². The molecule has 2 aliphatic rings. The highest BCUT2D eigenvalue weighted by atomic mass is 16.6. The number of hydrogen-bond donors (Lipinski definition) is 2. The lowest BCUT2D eigenvalue weighted by molar-refractivity contribution is -0.121. The van der Waals surface area contributed by atoms with E-state index in [4.69, 9.17) is 14.0 Å². The summed E-state index contributed by atoms with van der Waals surface area (Å²) in [5.74, 6) is 0.175. The van der Waals surface area contributed by atoms with E-state index in [1.165, 1.54) is 16.1 Å². The second-order valence-corrected chi connectivity index (χ2v) is 14.7.